The molecule has 1 saturated heterocycles. The van der Waals surface area contributed by atoms with Crippen LogP contribution >= 0.6 is 12.4 Å². The van der Waals surface area contributed by atoms with Crippen molar-refractivity contribution in [2.24, 2.45) is 5.92 Å². The summed E-state index contributed by atoms with van der Waals surface area (Å²) in [6.07, 6.45) is 6.00. The number of benzene rings is 1. The van der Waals surface area contributed by atoms with Gasteiger partial charge in [-0.2, -0.15) is 0 Å². The molecule has 0 spiro atoms. The van der Waals surface area contributed by atoms with Gasteiger partial charge in [0.25, 0.3) is 5.91 Å². The standard InChI is InChI=1S/C19H27N3O2.ClH/c1-22(2)19(24)14-9-7-13(8-10-14)12-20-18(23)17-11-15-5-3-4-6-16(15)21-17;/h7-10,15-17,21H,3-6,11-12H2,1-2H3,(H,20,23);1H. The monoisotopic (exact) mass is 365 g/mol. The van der Waals surface area contributed by atoms with Gasteiger partial charge in [-0.1, -0.05) is 25.0 Å². The molecule has 1 aromatic rings. The summed E-state index contributed by atoms with van der Waals surface area (Å²) in [5, 5.41) is 6.53. The van der Waals surface area contributed by atoms with Crippen molar-refractivity contribution in [1.29, 1.82) is 0 Å². The molecule has 6 heteroatoms. The Morgan fingerprint density at radius 3 is 2.48 bits per heavy atom. The van der Waals surface area contributed by atoms with E-state index in [1.54, 1.807) is 19.0 Å². The molecular weight excluding hydrogens is 338 g/mol. The molecule has 25 heavy (non-hydrogen) atoms. The molecule has 0 bridgehead atoms. The molecule has 0 radical (unpaired) electrons. The van der Waals surface area contributed by atoms with Crippen molar-refractivity contribution in [1.82, 2.24) is 15.5 Å². The average Bonchev–Trinajstić information content (AvgIpc) is 3.03. The van der Waals surface area contributed by atoms with Crippen molar-refractivity contribution in [3.8, 4) is 0 Å². The lowest BCUT2D eigenvalue weighted by molar-refractivity contribution is -0.123. The Bertz CT molecular complexity index is 589. The second kappa shape index (κ2) is 8.68. The molecule has 2 fully saturated rings. The molecule has 2 aliphatic rings. The van der Waals surface area contributed by atoms with Gasteiger partial charge in [0.2, 0.25) is 5.91 Å². The van der Waals surface area contributed by atoms with Crippen LogP contribution in [0.4, 0.5) is 0 Å². The molecule has 0 aromatic heterocycles. The highest BCUT2D eigenvalue weighted by Crippen LogP contribution is 2.33. The van der Waals surface area contributed by atoms with Crippen LogP contribution in [0.5, 0.6) is 0 Å². The second-order valence-corrected chi connectivity index (χ2v) is 7.22. The number of rotatable bonds is 4. The lowest BCUT2D eigenvalue weighted by atomic mass is 9.85. The van der Waals surface area contributed by atoms with E-state index >= 15 is 0 Å². The van der Waals surface area contributed by atoms with Gasteiger partial charge >= 0.3 is 0 Å². The summed E-state index contributed by atoms with van der Waals surface area (Å²) < 4.78 is 0. The molecule has 1 aliphatic carbocycles. The molecule has 1 heterocycles. The number of nitrogens with zero attached hydrogens (tertiary/aromatic N) is 1. The van der Waals surface area contributed by atoms with E-state index < -0.39 is 0 Å². The molecular formula is C19H28ClN3O2. The van der Waals surface area contributed by atoms with Gasteiger partial charge in [0.1, 0.15) is 0 Å². The van der Waals surface area contributed by atoms with Gasteiger partial charge in [-0.15, -0.1) is 12.4 Å². The van der Waals surface area contributed by atoms with Gasteiger partial charge in [-0.25, -0.2) is 0 Å². The molecule has 3 atom stereocenters. The molecule has 1 aromatic carbocycles. The van der Waals surface area contributed by atoms with Crippen LogP contribution in [0.25, 0.3) is 0 Å². The minimum atomic E-state index is -0.0484. The molecule has 3 unspecified atom stereocenters. The minimum absolute atomic E-state index is 0. The average molecular weight is 366 g/mol. The maximum Gasteiger partial charge on any atom is 0.253 e. The quantitative estimate of drug-likeness (QED) is 0.861. The van der Waals surface area contributed by atoms with E-state index in [-0.39, 0.29) is 30.3 Å². The number of halogens is 1. The number of carbonyl (C=O) groups excluding carboxylic acids is 2. The predicted octanol–water partition coefficient (Wildman–Crippen LogP) is 2.35. The number of hydrogen-bond acceptors (Lipinski definition) is 3. The molecule has 2 N–H and O–H groups in total. The SMILES string of the molecule is CN(C)C(=O)c1ccc(CNC(=O)C2CC3CCCCC3N2)cc1.Cl. The first kappa shape index (κ1) is 19.7. The number of carbonyl (C=O) groups is 2. The van der Waals surface area contributed by atoms with Crippen LogP contribution in [-0.2, 0) is 11.3 Å². The summed E-state index contributed by atoms with van der Waals surface area (Å²) in [6.45, 7) is 0.503. The lowest BCUT2D eigenvalue weighted by Crippen LogP contribution is -2.42. The number of hydrogen-bond donors (Lipinski definition) is 2. The third-order valence-electron chi connectivity index (χ3n) is 5.25. The van der Waals surface area contributed by atoms with Crippen molar-refractivity contribution < 1.29 is 9.59 Å². The maximum atomic E-state index is 12.4. The Balaban J connectivity index is 0.00000225. The van der Waals surface area contributed by atoms with Gasteiger partial charge in [0, 0.05) is 32.2 Å². The lowest BCUT2D eigenvalue weighted by Gasteiger charge is -2.24. The molecule has 3 rings (SSSR count). The van der Waals surface area contributed by atoms with Crippen molar-refractivity contribution in [2.45, 2.75) is 50.7 Å². The number of fused-ring (bicyclic) bond motifs is 1. The Labute approximate surface area is 155 Å². The van der Waals surface area contributed by atoms with Gasteiger partial charge < -0.3 is 15.5 Å². The van der Waals surface area contributed by atoms with Crippen molar-refractivity contribution in [3.05, 3.63) is 35.4 Å². The fraction of sp³-hybridized carbons (Fsp3) is 0.579. The van der Waals surface area contributed by atoms with Gasteiger partial charge in [-0.05, 0) is 42.9 Å². The van der Waals surface area contributed by atoms with E-state index in [1.807, 2.05) is 24.3 Å². The zero-order valence-electron chi connectivity index (χ0n) is 15.0. The normalized spacial score (nSPS) is 24.8. The fourth-order valence-electron chi connectivity index (χ4n) is 3.86. The summed E-state index contributed by atoms with van der Waals surface area (Å²) in [4.78, 5) is 25.8. The third kappa shape index (κ3) is 4.73. The summed E-state index contributed by atoms with van der Waals surface area (Å²) in [6, 6.07) is 7.91. The highest BCUT2D eigenvalue weighted by atomic mass is 35.5. The van der Waals surface area contributed by atoms with Crippen molar-refractivity contribution in [3.63, 3.8) is 0 Å². The maximum absolute atomic E-state index is 12.4. The Morgan fingerprint density at radius 2 is 1.84 bits per heavy atom. The first-order valence-corrected chi connectivity index (χ1v) is 8.89. The topological polar surface area (TPSA) is 61.4 Å². The van der Waals surface area contributed by atoms with Gasteiger partial charge in [0.15, 0.2) is 0 Å². The summed E-state index contributed by atoms with van der Waals surface area (Å²) in [7, 11) is 3.48. The van der Waals surface area contributed by atoms with E-state index in [2.05, 4.69) is 10.6 Å². The Kier molecular flexibility index (Phi) is 6.85. The smallest absolute Gasteiger partial charge is 0.253 e. The molecule has 2 amide bonds. The summed E-state index contributed by atoms with van der Waals surface area (Å²) in [5.74, 6) is 0.757. The predicted molar refractivity (Wildman–Crippen MR) is 101 cm³/mol. The van der Waals surface area contributed by atoms with Crippen LogP contribution in [0.1, 0.15) is 48.0 Å². The van der Waals surface area contributed by atoms with Crippen LogP contribution in [0.3, 0.4) is 0 Å². The van der Waals surface area contributed by atoms with Crippen LogP contribution in [0.15, 0.2) is 24.3 Å². The third-order valence-corrected chi connectivity index (χ3v) is 5.25. The van der Waals surface area contributed by atoms with Crippen LogP contribution in [-0.4, -0.2) is 42.9 Å². The Morgan fingerprint density at radius 1 is 1.16 bits per heavy atom. The highest BCUT2D eigenvalue weighted by Gasteiger charge is 2.37. The van der Waals surface area contributed by atoms with Crippen molar-refractivity contribution in [2.75, 3.05) is 14.1 Å². The highest BCUT2D eigenvalue weighted by molar-refractivity contribution is 5.93. The van der Waals surface area contributed by atoms with Crippen molar-refractivity contribution >= 4 is 24.2 Å². The largest absolute Gasteiger partial charge is 0.351 e. The first-order chi connectivity index (χ1) is 11.5. The zero-order chi connectivity index (χ0) is 17.1. The zero-order valence-corrected chi connectivity index (χ0v) is 15.8. The number of amides is 2. The number of nitrogens with one attached hydrogen (secondary N) is 2. The molecule has 1 aliphatic heterocycles. The van der Waals surface area contributed by atoms with Crippen LogP contribution in [0, 0.1) is 5.92 Å². The minimum Gasteiger partial charge on any atom is -0.351 e. The molecule has 138 valence electrons. The van der Waals surface area contributed by atoms with Gasteiger partial charge in [0.05, 0.1) is 6.04 Å². The summed E-state index contributed by atoms with van der Waals surface area (Å²) in [5.41, 5.74) is 1.67. The van der Waals surface area contributed by atoms with Crippen LogP contribution in [0.2, 0.25) is 0 Å². The van der Waals surface area contributed by atoms with Crippen LogP contribution < -0.4 is 10.6 Å². The molecule has 5 nitrogen and oxygen atoms in total. The van der Waals surface area contributed by atoms with Gasteiger partial charge in [-0.3, -0.25) is 9.59 Å². The van der Waals surface area contributed by atoms with E-state index in [0.29, 0.717) is 24.1 Å². The van der Waals surface area contributed by atoms with E-state index in [0.717, 1.165) is 12.0 Å². The Hall–Kier alpha value is -1.59. The van der Waals surface area contributed by atoms with E-state index in [9.17, 15) is 9.59 Å². The fourth-order valence-corrected chi connectivity index (χ4v) is 3.86. The molecule has 1 saturated carbocycles. The summed E-state index contributed by atoms with van der Waals surface area (Å²) >= 11 is 0. The second-order valence-electron chi connectivity index (χ2n) is 7.22. The van der Waals surface area contributed by atoms with E-state index in [1.165, 1.54) is 25.7 Å². The van der Waals surface area contributed by atoms with E-state index in [4.69, 9.17) is 0 Å². The first-order valence-electron chi connectivity index (χ1n) is 8.89.